The van der Waals surface area contributed by atoms with Crippen molar-refractivity contribution in [3.8, 4) is 5.75 Å². The highest BCUT2D eigenvalue weighted by Crippen LogP contribution is 2.17. The fourth-order valence-corrected chi connectivity index (χ4v) is 3.30. The number of ether oxygens (including phenoxy) is 2. The second-order valence-corrected chi connectivity index (χ2v) is 7.67. The van der Waals surface area contributed by atoms with Gasteiger partial charge in [0.25, 0.3) is 11.8 Å². The van der Waals surface area contributed by atoms with Crippen LogP contribution in [0.1, 0.15) is 27.6 Å². The van der Waals surface area contributed by atoms with Gasteiger partial charge >= 0.3 is 0 Å². The Morgan fingerprint density at radius 2 is 1.65 bits per heavy atom. The first kappa shape index (κ1) is 24.9. The number of carbonyl (C=O) groups excluding carboxylic acids is 2. The predicted molar refractivity (Wildman–Crippen MR) is 138 cm³/mol. The van der Waals surface area contributed by atoms with Crippen LogP contribution in [0.5, 0.6) is 5.75 Å². The molecule has 0 unspecified atom stereocenters. The quantitative estimate of drug-likeness (QED) is 0.349. The van der Waals surface area contributed by atoms with E-state index >= 15 is 0 Å². The third kappa shape index (κ3) is 7.13. The normalized spacial score (nSPS) is 10.3. The second kappa shape index (κ2) is 12.5. The van der Waals surface area contributed by atoms with E-state index in [0.717, 1.165) is 5.69 Å². The molecule has 3 aromatic rings. The molecular weight excluding hydrogens is 450 g/mol. The van der Waals surface area contributed by atoms with E-state index in [1.165, 1.54) is 0 Å². The SMILES string of the molecule is CCOCCOc1cccc(C(=O)NC(=S)Nc2ccc(C(=O)N(C)c3ccccc3)cc2)c1. The molecule has 0 aliphatic heterocycles. The smallest absolute Gasteiger partial charge is 0.258 e. The Kier molecular flexibility index (Phi) is 9.13. The van der Waals surface area contributed by atoms with Crippen molar-refractivity contribution in [3.63, 3.8) is 0 Å². The van der Waals surface area contributed by atoms with Gasteiger partial charge in [-0.3, -0.25) is 14.9 Å². The van der Waals surface area contributed by atoms with Crippen LogP contribution in [0.25, 0.3) is 0 Å². The van der Waals surface area contributed by atoms with Crippen molar-refractivity contribution in [1.29, 1.82) is 0 Å². The summed E-state index contributed by atoms with van der Waals surface area (Å²) in [6.45, 7) is 3.42. The van der Waals surface area contributed by atoms with Gasteiger partial charge in [0, 0.05) is 36.2 Å². The zero-order chi connectivity index (χ0) is 24.3. The third-order valence-corrected chi connectivity index (χ3v) is 5.07. The van der Waals surface area contributed by atoms with Gasteiger partial charge in [-0.05, 0) is 73.7 Å². The van der Waals surface area contributed by atoms with Crippen molar-refractivity contribution in [2.24, 2.45) is 0 Å². The minimum atomic E-state index is -0.357. The lowest BCUT2D eigenvalue weighted by molar-refractivity contribution is 0.0973. The molecule has 0 aromatic heterocycles. The minimum absolute atomic E-state index is 0.128. The van der Waals surface area contributed by atoms with Crippen LogP contribution in [0.15, 0.2) is 78.9 Å². The van der Waals surface area contributed by atoms with E-state index in [-0.39, 0.29) is 16.9 Å². The number of hydrogen-bond acceptors (Lipinski definition) is 5. The van der Waals surface area contributed by atoms with E-state index in [2.05, 4.69) is 10.6 Å². The minimum Gasteiger partial charge on any atom is -0.491 e. The lowest BCUT2D eigenvalue weighted by Gasteiger charge is -2.17. The van der Waals surface area contributed by atoms with Crippen LogP contribution in [-0.2, 0) is 4.74 Å². The molecule has 0 saturated carbocycles. The number of carbonyl (C=O) groups is 2. The highest BCUT2D eigenvalue weighted by molar-refractivity contribution is 7.80. The summed E-state index contributed by atoms with van der Waals surface area (Å²) in [5.41, 5.74) is 2.41. The molecule has 0 heterocycles. The Balaban J connectivity index is 1.54. The number of thiocarbonyl (C=S) groups is 1. The molecule has 2 N–H and O–H groups in total. The van der Waals surface area contributed by atoms with Crippen LogP contribution in [0, 0.1) is 0 Å². The summed E-state index contributed by atoms with van der Waals surface area (Å²) < 4.78 is 10.8. The van der Waals surface area contributed by atoms with Crippen molar-refractivity contribution in [1.82, 2.24) is 5.32 Å². The number of anilines is 2. The van der Waals surface area contributed by atoms with Crippen LogP contribution >= 0.6 is 12.2 Å². The maximum absolute atomic E-state index is 12.7. The fraction of sp³-hybridized carbons (Fsp3) is 0.192. The number of hydrogen-bond donors (Lipinski definition) is 2. The van der Waals surface area contributed by atoms with E-state index in [1.54, 1.807) is 60.5 Å². The highest BCUT2D eigenvalue weighted by atomic mass is 32.1. The maximum atomic E-state index is 12.7. The van der Waals surface area contributed by atoms with E-state index in [0.29, 0.717) is 42.4 Å². The van der Waals surface area contributed by atoms with Gasteiger partial charge in [0.05, 0.1) is 6.61 Å². The van der Waals surface area contributed by atoms with Crippen molar-refractivity contribution in [3.05, 3.63) is 90.0 Å². The maximum Gasteiger partial charge on any atom is 0.258 e. The van der Waals surface area contributed by atoms with Crippen LogP contribution < -0.4 is 20.3 Å². The first-order valence-electron chi connectivity index (χ1n) is 10.8. The lowest BCUT2D eigenvalue weighted by Crippen LogP contribution is -2.34. The first-order chi connectivity index (χ1) is 16.5. The molecule has 0 spiro atoms. The number of benzene rings is 3. The summed E-state index contributed by atoms with van der Waals surface area (Å²) in [6, 6.07) is 23.1. The first-order valence-corrected chi connectivity index (χ1v) is 11.2. The molecule has 176 valence electrons. The van der Waals surface area contributed by atoms with E-state index in [9.17, 15) is 9.59 Å². The van der Waals surface area contributed by atoms with Gasteiger partial charge in [0.15, 0.2) is 5.11 Å². The standard InChI is InChI=1S/C26H27N3O4S/c1-3-32-16-17-33-23-11-7-8-20(18-23)24(30)28-26(34)27-21-14-12-19(13-15-21)25(31)29(2)22-9-5-4-6-10-22/h4-15,18H,3,16-17H2,1-2H3,(H2,27,28,30,34). The van der Waals surface area contributed by atoms with Gasteiger partial charge in [0.1, 0.15) is 12.4 Å². The average molecular weight is 478 g/mol. The van der Waals surface area contributed by atoms with Crippen molar-refractivity contribution in [2.45, 2.75) is 6.92 Å². The van der Waals surface area contributed by atoms with Gasteiger partial charge < -0.3 is 19.7 Å². The van der Waals surface area contributed by atoms with Gasteiger partial charge in [-0.2, -0.15) is 0 Å². The monoisotopic (exact) mass is 477 g/mol. The molecule has 0 radical (unpaired) electrons. The zero-order valence-electron chi connectivity index (χ0n) is 19.1. The van der Waals surface area contributed by atoms with Crippen LogP contribution in [0.3, 0.4) is 0 Å². The molecule has 0 fully saturated rings. The predicted octanol–water partition coefficient (Wildman–Crippen LogP) is 4.51. The van der Waals surface area contributed by atoms with E-state index in [1.807, 2.05) is 37.3 Å². The van der Waals surface area contributed by atoms with E-state index in [4.69, 9.17) is 21.7 Å². The van der Waals surface area contributed by atoms with Gasteiger partial charge in [-0.1, -0.05) is 24.3 Å². The summed E-state index contributed by atoms with van der Waals surface area (Å²) in [4.78, 5) is 26.9. The van der Waals surface area contributed by atoms with Gasteiger partial charge in [-0.25, -0.2) is 0 Å². The highest BCUT2D eigenvalue weighted by Gasteiger charge is 2.14. The molecule has 0 bridgehead atoms. The Morgan fingerprint density at radius 3 is 2.35 bits per heavy atom. The topological polar surface area (TPSA) is 79.9 Å². The van der Waals surface area contributed by atoms with Gasteiger partial charge in [0.2, 0.25) is 0 Å². The summed E-state index contributed by atoms with van der Waals surface area (Å²) in [5, 5.41) is 5.76. The largest absolute Gasteiger partial charge is 0.491 e. The van der Waals surface area contributed by atoms with Crippen LogP contribution in [0.4, 0.5) is 11.4 Å². The summed E-state index contributed by atoms with van der Waals surface area (Å²) in [7, 11) is 1.73. The Labute approximate surface area is 204 Å². The molecule has 3 rings (SSSR count). The van der Waals surface area contributed by atoms with Crippen molar-refractivity contribution < 1.29 is 19.1 Å². The molecule has 34 heavy (non-hydrogen) atoms. The molecule has 8 heteroatoms. The van der Waals surface area contributed by atoms with Crippen LogP contribution in [-0.4, -0.2) is 43.8 Å². The Hall–Kier alpha value is -3.75. The molecule has 7 nitrogen and oxygen atoms in total. The van der Waals surface area contributed by atoms with E-state index < -0.39 is 0 Å². The Morgan fingerprint density at radius 1 is 0.912 bits per heavy atom. The number of amides is 2. The lowest BCUT2D eigenvalue weighted by atomic mass is 10.1. The van der Waals surface area contributed by atoms with Crippen LogP contribution in [0.2, 0.25) is 0 Å². The molecule has 0 aliphatic carbocycles. The summed E-state index contributed by atoms with van der Waals surface area (Å²) >= 11 is 5.27. The number of para-hydroxylation sites is 1. The molecule has 2 amide bonds. The summed E-state index contributed by atoms with van der Waals surface area (Å²) in [6.07, 6.45) is 0. The average Bonchev–Trinajstić information content (AvgIpc) is 2.87. The zero-order valence-corrected chi connectivity index (χ0v) is 19.9. The van der Waals surface area contributed by atoms with Crippen molar-refractivity contribution >= 4 is 40.5 Å². The molecule has 0 saturated heterocycles. The fourth-order valence-electron chi connectivity index (χ4n) is 3.09. The molecule has 0 atom stereocenters. The molecular formula is C26H27N3O4S. The summed E-state index contributed by atoms with van der Waals surface area (Å²) in [5.74, 6) is 0.0907. The number of nitrogens with one attached hydrogen (secondary N) is 2. The number of nitrogens with zero attached hydrogens (tertiary/aromatic N) is 1. The number of rotatable bonds is 9. The molecule has 0 aliphatic rings. The Bertz CT molecular complexity index is 1120. The van der Waals surface area contributed by atoms with Crippen molar-refractivity contribution in [2.75, 3.05) is 37.1 Å². The molecule has 3 aromatic carbocycles. The second-order valence-electron chi connectivity index (χ2n) is 7.26. The van der Waals surface area contributed by atoms with Gasteiger partial charge in [-0.15, -0.1) is 0 Å². The third-order valence-electron chi connectivity index (χ3n) is 4.86.